The summed E-state index contributed by atoms with van der Waals surface area (Å²) in [4.78, 5) is 26.1. The Balaban J connectivity index is 1.74. The summed E-state index contributed by atoms with van der Waals surface area (Å²) in [5.41, 5.74) is 3.65. The molecule has 0 unspecified atom stereocenters. The van der Waals surface area contributed by atoms with Gasteiger partial charge in [0, 0.05) is 24.1 Å². The Hall–Kier alpha value is -3.17. The molecule has 2 aromatic carbocycles. The summed E-state index contributed by atoms with van der Waals surface area (Å²) in [5, 5.41) is 0.709. The zero-order chi connectivity index (χ0) is 20.3. The van der Waals surface area contributed by atoms with Crippen LogP contribution in [0.15, 0.2) is 59.6 Å². The third-order valence-electron chi connectivity index (χ3n) is 4.12. The number of amides is 1. The van der Waals surface area contributed by atoms with Gasteiger partial charge in [0.15, 0.2) is 0 Å². The monoisotopic (exact) mass is 401 g/mol. The Morgan fingerprint density at radius 3 is 2.43 bits per heavy atom. The lowest BCUT2D eigenvalue weighted by Gasteiger charge is -2.09. The van der Waals surface area contributed by atoms with E-state index in [9.17, 15) is 18.0 Å². The largest absolute Gasteiger partial charge is 0.462 e. The summed E-state index contributed by atoms with van der Waals surface area (Å²) in [5.74, 6) is -1.12. The molecule has 0 bridgehead atoms. The fourth-order valence-electron chi connectivity index (χ4n) is 2.75. The molecule has 146 valence electrons. The van der Waals surface area contributed by atoms with Gasteiger partial charge in [0.05, 0.1) is 22.6 Å². The predicted molar refractivity (Wildman–Crippen MR) is 103 cm³/mol. The fourth-order valence-corrected chi connectivity index (χ4v) is 3.59. The molecule has 0 aliphatic carbocycles. The predicted octanol–water partition coefficient (Wildman–Crippen LogP) is 1.98. The van der Waals surface area contributed by atoms with Crippen LogP contribution in [0, 0.1) is 0 Å². The Bertz CT molecular complexity index is 1130. The van der Waals surface area contributed by atoms with Gasteiger partial charge in [-0.25, -0.2) is 13.2 Å². The van der Waals surface area contributed by atoms with E-state index in [-0.39, 0.29) is 17.1 Å². The molecule has 0 spiro atoms. The van der Waals surface area contributed by atoms with Crippen LogP contribution in [-0.4, -0.2) is 31.5 Å². The maximum atomic E-state index is 12.5. The molecular formula is C19H19N3O5S. The van der Waals surface area contributed by atoms with Gasteiger partial charge in [0.1, 0.15) is 0 Å². The molecule has 0 radical (unpaired) electrons. The first kappa shape index (κ1) is 19.6. The maximum Gasteiger partial charge on any atom is 0.338 e. The van der Waals surface area contributed by atoms with Crippen LogP contribution in [0.2, 0.25) is 0 Å². The Kier molecular flexibility index (Phi) is 5.48. The highest BCUT2D eigenvalue weighted by Gasteiger charge is 2.19. The second-order valence-corrected chi connectivity index (χ2v) is 7.66. The van der Waals surface area contributed by atoms with Gasteiger partial charge in [0.2, 0.25) is 0 Å². The van der Waals surface area contributed by atoms with E-state index in [4.69, 9.17) is 4.74 Å². The number of hydrogen-bond acceptors (Lipinski definition) is 5. The fraction of sp³-hybridized carbons (Fsp3) is 0.158. The first-order valence-corrected chi connectivity index (χ1v) is 9.95. The normalized spacial score (nSPS) is 11.4. The number of aryl methyl sites for hydroxylation is 1. The highest BCUT2D eigenvalue weighted by molar-refractivity contribution is 7.89. The first-order valence-electron chi connectivity index (χ1n) is 8.47. The van der Waals surface area contributed by atoms with Crippen molar-refractivity contribution in [2.24, 2.45) is 7.05 Å². The van der Waals surface area contributed by atoms with Crippen LogP contribution in [-0.2, 0) is 21.8 Å². The molecule has 3 aromatic rings. The zero-order valence-electron chi connectivity index (χ0n) is 15.3. The number of esters is 1. The number of carbonyl (C=O) groups excluding carboxylic acids is 2. The van der Waals surface area contributed by atoms with E-state index in [1.807, 2.05) is 12.1 Å². The van der Waals surface area contributed by atoms with Crippen LogP contribution in [0.4, 0.5) is 0 Å². The van der Waals surface area contributed by atoms with Gasteiger partial charge in [-0.05, 0) is 37.3 Å². The van der Waals surface area contributed by atoms with Gasteiger partial charge in [0.25, 0.3) is 15.9 Å². The van der Waals surface area contributed by atoms with Crippen molar-refractivity contribution in [3.8, 4) is 0 Å². The average Bonchev–Trinajstić information content (AvgIpc) is 3.03. The van der Waals surface area contributed by atoms with Crippen LogP contribution in [0.1, 0.15) is 27.6 Å². The number of nitrogens with zero attached hydrogens (tertiary/aromatic N) is 1. The SMILES string of the molecule is CCOC(=O)c1ccc(S(=O)(=O)NNC(=O)c2cn(C)c3ccccc23)cc1. The van der Waals surface area contributed by atoms with Crippen molar-refractivity contribution in [1.29, 1.82) is 0 Å². The standard InChI is InChI=1S/C19H19N3O5S/c1-3-27-19(24)13-8-10-14(11-9-13)28(25,26)21-20-18(23)16-12-22(2)17-7-5-4-6-15(16)17/h4-12,21H,3H2,1-2H3,(H,20,23). The number of nitrogens with one attached hydrogen (secondary N) is 2. The van der Waals surface area contributed by atoms with E-state index < -0.39 is 21.9 Å². The molecule has 2 N–H and O–H groups in total. The molecule has 0 aliphatic rings. The van der Waals surface area contributed by atoms with Crippen molar-refractivity contribution in [3.63, 3.8) is 0 Å². The first-order chi connectivity index (χ1) is 13.3. The topological polar surface area (TPSA) is 106 Å². The second kappa shape index (κ2) is 7.83. The number of sulfonamides is 1. The van der Waals surface area contributed by atoms with Crippen molar-refractivity contribution < 1.29 is 22.7 Å². The third-order valence-corrected chi connectivity index (χ3v) is 5.38. The van der Waals surface area contributed by atoms with Gasteiger partial charge in [-0.15, -0.1) is 4.83 Å². The summed E-state index contributed by atoms with van der Waals surface area (Å²) in [7, 11) is -2.21. The molecule has 1 heterocycles. The number of benzene rings is 2. The minimum absolute atomic E-state index is 0.0984. The van der Waals surface area contributed by atoms with Crippen molar-refractivity contribution >= 4 is 32.8 Å². The molecule has 8 nitrogen and oxygen atoms in total. The quantitative estimate of drug-likeness (QED) is 0.485. The molecule has 28 heavy (non-hydrogen) atoms. The Morgan fingerprint density at radius 1 is 1.07 bits per heavy atom. The van der Waals surface area contributed by atoms with Crippen molar-refractivity contribution in [2.75, 3.05) is 6.61 Å². The summed E-state index contributed by atoms with van der Waals surface area (Å²) < 4.78 is 31.4. The highest BCUT2D eigenvalue weighted by atomic mass is 32.2. The lowest BCUT2D eigenvalue weighted by atomic mass is 10.2. The Morgan fingerprint density at radius 2 is 1.75 bits per heavy atom. The van der Waals surface area contributed by atoms with Crippen LogP contribution >= 0.6 is 0 Å². The van der Waals surface area contributed by atoms with Gasteiger partial charge in [-0.3, -0.25) is 10.2 Å². The molecule has 0 fully saturated rings. The minimum Gasteiger partial charge on any atom is -0.462 e. The second-order valence-electron chi connectivity index (χ2n) is 5.98. The molecule has 0 atom stereocenters. The van der Waals surface area contributed by atoms with Gasteiger partial charge < -0.3 is 9.30 Å². The van der Waals surface area contributed by atoms with Crippen LogP contribution in [0.3, 0.4) is 0 Å². The number of ether oxygens (including phenoxy) is 1. The maximum absolute atomic E-state index is 12.5. The number of rotatable bonds is 6. The van der Waals surface area contributed by atoms with E-state index in [1.54, 1.807) is 36.9 Å². The Labute approximate surface area is 162 Å². The molecule has 1 amide bonds. The van der Waals surface area contributed by atoms with Gasteiger partial charge in [-0.2, -0.15) is 0 Å². The van der Waals surface area contributed by atoms with Crippen molar-refractivity contribution in [3.05, 3.63) is 65.9 Å². The van der Waals surface area contributed by atoms with Crippen molar-refractivity contribution in [1.82, 2.24) is 14.8 Å². The van der Waals surface area contributed by atoms with E-state index in [0.717, 1.165) is 5.52 Å². The average molecular weight is 401 g/mol. The van der Waals surface area contributed by atoms with Crippen LogP contribution in [0.5, 0.6) is 0 Å². The number of hydrogen-bond donors (Lipinski definition) is 2. The van der Waals surface area contributed by atoms with Crippen molar-refractivity contribution in [2.45, 2.75) is 11.8 Å². The summed E-state index contributed by atoms with van der Waals surface area (Å²) in [6.07, 6.45) is 1.63. The lowest BCUT2D eigenvalue weighted by molar-refractivity contribution is 0.0526. The molecule has 0 saturated heterocycles. The summed E-state index contributed by atoms with van der Waals surface area (Å²) >= 11 is 0. The molecule has 1 aromatic heterocycles. The van der Waals surface area contributed by atoms with Crippen LogP contribution < -0.4 is 10.3 Å². The van der Waals surface area contributed by atoms with E-state index in [1.165, 1.54) is 24.3 Å². The molecule has 0 saturated carbocycles. The summed E-state index contributed by atoms with van der Waals surface area (Å²) in [6.45, 7) is 1.90. The summed E-state index contributed by atoms with van der Waals surface area (Å²) in [6, 6.07) is 12.5. The number of aromatic nitrogens is 1. The van der Waals surface area contributed by atoms with E-state index >= 15 is 0 Å². The number of fused-ring (bicyclic) bond motifs is 1. The zero-order valence-corrected chi connectivity index (χ0v) is 16.1. The lowest BCUT2D eigenvalue weighted by Crippen LogP contribution is -2.41. The number of para-hydroxylation sites is 1. The number of hydrazine groups is 1. The van der Waals surface area contributed by atoms with Gasteiger partial charge >= 0.3 is 5.97 Å². The van der Waals surface area contributed by atoms with E-state index in [0.29, 0.717) is 10.9 Å². The molecular weight excluding hydrogens is 382 g/mol. The number of carbonyl (C=O) groups is 2. The molecule has 9 heteroatoms. The molecule has 0 aliphatic heterocycles. The third kappa shape index (κ3) is 3.90. The molecule has 3 rings (SSSR count). The highest BCUT2D eigenvalue weighted by Crippen LogP contribution is 2.20. The smallest absolute Gasteiger partial charge is 0.338 e. The van der Waals surface area contributed by atoms with Gasteiger partial charge in [-0.1, -0.05) is 18.2 Å². The minimum atomic E-state index is -4.01. The van der Waals surface area contributed by atoms with E-state index in [2.05, 4.69) is 10.3 Å². The van der Waals surface area contributed by atoms with Crippen LogP contribution in [0.25, 0.3) is 10.9 Å².